The summed E-state index contributed by atoms with van der Waals surface area (Å²) in [5.41, 5.74) is 7.00. The molecule has 2 aromatic carbocycles. The molecule has 0 spiro atoms. The highest BCUT2D eigenvalue weighted by Gasteiger charge is 2.33. The number of aryl methyl sites for hydroxylation is 1. The Morgan fingerprint density at radius 1 is 0.889 bits per heavy atom. The molecule has 136 valence electrons. The van der Waals surface area contributed by atoms with Gasteiger partial charge in [-0.15, -0.1) is 11.3 Å². The molecule has 0 unspecified atom stereocenters. The Morgan fingerprint density at radius 2 is 1.52 bits per heavy atom. The molecule has 0 bridgehead atoms. The molecule has 1 saturated heterocycles. The van der Waals surface area contributed by atoms with Crippen molar-refractivity contribution in [2.24, 2.45) is 5.10 Å². The molecule has 27 heavy (non-hydrogen) atoms. The Bertz CT molecular complexity index is 937. The average Bonchev–Trinajstić information content (AvgIpc) is 3.28. The zero-order chi connectivity index (χ0) is 18.2. The standard InChI is InChI=1S/C23H23N3S/c1-17-10-15-27-22(17)16-24-26-13-11-25(12-14-26)23-20-8-4-2-6-18(20)19-7-3-5-9-21(19)23/h2-10,15-16,23H,11-14H2,1H3/b24-16+. The molecule has 3 nitrogen and oxygen atoms in total. The van der Waals surface area contributed by atoms with Crippen molar-refractivity contribution in [3.05, 3.63) is 81.5 Å². The van der Waals surface area contributed by atoms with Crippen molar-refractivity contribution in [2.75, 3.05) is 26.2 Å². The lowest BCUT2D eigenvalue weighted by molar-refractivity contribution is 0.114. The number of piperazine rings is 1. The summed E-state index contributed by atoms with van der Waals surface area (Å²) in [6.45, 7) is 6.16. The zero-order valence-electron chi connectivity index (χ0n) is 15.5. The number of benzene rings is 2. The summed E-state index contributed by atoms with van der Waals surface area (Å²) < 4.78 is 0. The number of hydrogen-bond donors (Lipinski definition) is 0. The van der Waals surface area contributed by atoms with Crippen molar-refractivity contribution in [2.45, 2.75) is 13.0 Å². The van der Waals surface area contributed by atoms with Gasteiger partial charge in [-0.25, -0.2) is 0 Å². The summed E-state index contributed by atoms with van der Waals surface area (Å²) >= 11 is 1.76. The molecular formula is C23H23N3S. The molecule has 0 saturated carbocycles. The summed E-state index contributed by atoms with van der Waals surface area (Å²) in [4.78, 5) is 3.88. The van der Waals surface area contributed by atoms with Crippen LogP contribution >= 0.6 is 11.3 Å². The van der Waals surface area contributed by atoms with Gasteiger partial charge < -0.3 is 0 Å². The molecule has 1 fully saturated rings. The molecule has 1 aliphatic heterocycles. The maximum absolute atomic E-state index is 4.73. The summed E-state index contributed by atoms with van der Waals surface area (Å²) in [6.07, 6.45) is 2.02. The van der Waals surface area contributed by atoms with Gasteiger partial charge in [0.25, 0.3) is 0 Å². The van der Waals surface area contributed by atoms with E-state index in [4.69, 9.17) is 5.10 Å². The number of hydrazone groups is 1. The second-order valence-corrected chi connectivity index (χ2v) is 8.23. The highest BCUT2D eigenvalue weighted by Crippen LogP contribution is 2.46. The Balaban J connectivity index is 1.34. The molecule has 0 atom stereocenters. The van der Waals surface area contributed by atoms with E-state index in [-0.39, 0.29) is 0 Å². The van der Waals surface area contributed by atoms with Gasteiger partial charge in [-0.05, 0) is 46.2 Å². The third-order valence-corrected chi connectivity index (χ3v) is 6.65. The van der Waals surface area contributed by atoms with Crippen LogP contribution in [0.25, 0.3) is 11.1 Å². The van der Waals surface area contributed by atoms with Crippen LogP contribution in [0.5, 0.6) is 0 Å². The lowest BCUT2D eigenvalue weighted by atomic mass is 10.0. The minimum absolute atomic E-state index is 0.378. The number of thiophene rings is 1. The fourth-order valence-electron chi connectivity index (χ4n) is 4.26. The first-order valence-corrected chi connectivity index (χ1v) is 10.4. The molecule has 5 rings (SSSR count). The predicted octanol–water partition coefficient (Wildman–Crippen LogP) is 4.78. The Kier molecular flexibility index (Phi) is 4.30. The van der Waals surface area contributed by atoms with E-state index in [9.17, 15) is 0 Å². The minimum atomic E-state index is 0.378. The van der Waals surface area contributed by atoms with Gasteiger partial charge >= 0.3 is 0 Å². The Morgan fingerprint density at radius 3 is 2.11 bits per heavy atom. The molecule has 4 heteroatoms. The van der Waals surface area contributed by atoms with Crippen LogP contribution in [-0.2, 0) is 0 Å². The van der Waals surface area contributed by atoms with Crippen LogP contribution < -0.4 is 0 Å². The van der Waals surface area contributed by atoms with Gasteiger partial charge in [-0.1, -0.05) is 48.5 Å². The van der Waals surface area contributed by atoms with Gasteiger partial charge in [0.05, 0.1) is 12.3 Å². The molecule has 1 aromatic heterocycles. The van der Waals surface area contributed by atoms with E-state index in [2.05, 4.69) is 76.8 Å². The van der Waals surface area contributed by atoms with Crippen molar-refractivity contribution >= 4 is 17.6 Å². The second-order valence-electron chi connectivity index (χ2n) is 7.28. The highest BCUT2D eigenvalue weighted by atomic mass is 32.1. The molecule has 2 aliphatic rings. The van der Waals surface area contributed by atoms with Gasteiger partial charge in [0.2, 0.25) is 0 Å². The lowest BCUT2D eigenvalue weighted by Crippen LogP contribution is -2.45. The van der Waals surface area contributed by atoms with Gasteiger partial charge in [0.1, 0.15) is 0 Å². The lowest BCUT2D eigenvalue weighted by Gasteiger charge is -2.37. The minimum Gasteiger partial charge on any atom is -0.294 e. The maximum atomic E-state index is 4.73. The third kappa shape index (κ3) is 2.99. The fourth-order valence-corrected chi connectivity index (χ4v) is 5.04. The SMILES string of the molecule is Cc1ccsc1/C=N/N1CCN(C2c3ccccc3-c3ccccc32)CC1. The first-order chi connectivity index (χ1) is 13.3. The summed E-state index contributed by atoms with van der Waals surface area (Å²) in [6, 6.07) is 20.3. The Hall–Kier alpha value is -2.43. The van der Waals surface area contributed by atoms with Crippen molar-refractivity contribution in [1.29, 1.82) is 0 Å². The monoisotopic (exact) mass is 373 g/mol. The van der Waals surface area contributed by atoms with Gasteiger partial charge in [0.15, 0.2) is 0 Å². The van der Waals surface area contributed by atoms with Crippen LogP contribution in [0, 0.1) is 6.92 Å². The van der Waals surface area contributed by atoms with E-state index >= 15 is 0 Å². The van der Waals surface area contributed by atoms with Crippen LogP contribution in [0.3, 0.4) is 0 Å². The fraction of sp³-hybridized carbons (Fsp3) is 0.261. The average molecular weight is 374 g/mol. The van der Waals surface area contributed by atoms with Crippen LogP contribution in [-0.4, -0.2) is 42.3 Å². The van der Waals surface area contributed by atoms with Crippen molar-refractivity contribution in [1.82, 2.24) is 9.91 Å². The number of fused-ring (bicyclic) bond motifs is 3. The van der Waals surface area contributed by atoms with Crippen molar-refractivity contribution in [3.8, 4) is 11.1 Å². The normalized spacial score (nSPS) is 17.4. The van der Waals surface area contributed by atoms with Gasteiger partial charge in [0, 0.05) is 31.1 Å². The topological polar surface area (TPSA) is 18.8 Å². The quantitative estimate of drug-likeness (QED) is 0.616. The maximum Gasteiger partial charge on any atom is 0.0645 e. The molecular weight excluding hydrogens is 350 g/mol. The number of hydrogen-bond acceptors (Lipinski definition) is 4. The second kappa shape index (κ2) is 6.95. The van der Waals surface area contributed by atoms with Crippen LogP contribution in [0.2, 0.25) is 0 Å². The first-order valence-electron chi connectivity index (χ1n) is 9.56. The van der Waals surface area contributed by atoms with Crippen LogP contribution in [0.15, 0.2) is 65.1 Å². The number of rotatable bonds is 3. The van der Waals surface area contributed by atoms with E-state index in [0.29, 0.717) is 6.04 Å². The summed E-state index contributed by atoms with van der Waals surface area (Å²) in [5.74, 6) is 0. The predicted molar refractivity (Wildman–Crippen MR) is 114 cm³/mol. The first kappa shape index (κ1) is 16.7. The molecule has 0 radical (unpaired) electrons. The van der Waals surface area contributed by atoms with Gasteiger partial charge in [-0.2, -0.15) is 5.10 Å². The third-order valence-electron chi connectivity index (χ3n) is 5.70. The van der Waals surface area contributed by atoms with Crippen molar-refractivity contribution < 1.29 is 0 Å². The molecule has 1 aliphatic carbocycles. The van der Waals surface area contributed by atoms with E-state index in [0.717, 1.165) is 26.2 Å². The molecule has 2 heterocycles. The summed E-state index contributed by atoms with van der Waals surface area (Å²) in [5, 5.41) is 9.07. The van der Waals surface area contributed by atoms with Gasteiger partial charge in [-0.3, -0.25) is 9.91 Å². The highest BCUT2D eigenvalue weighted by molar-refractivity contribution is 7.11. The molecule has 0 amide bonds. The van der Waals surface area contributed by atoms with E-state index in [1.165, 1.54) is 32.7 Å². The molecule has 3 aromatic rings. The Labute approximate surface area is 164 Å². The zero-order valence-corrected chi connectivity index (χ0v) is 16.3. The van der Waals surface area contributed by atoms with E-state index in [1.54, 1.807) is 11.3 Å². The van der Waals surface area contributed by atoms with E-state index < -0.39 is 0 Å². The van der Waals surface area contributed by atoms with Crippen molar-refractivity contribution in [3.63, 3.8) is 0 Å². The van der Waals surface area contributed by atoms with Crippen LogP contribution in [0.1, 0.15) is 27.6 Å². The number of nitrogens with zero attached hydrogens (tertiary/aromatic N) is 3. The largest absolute Gasteiger partial charge is 0.294 e. The van der Waals surface area contributed by atoms with E-state index in [1.807, 2.05) is 6.21 Å². The molecule has 0 N–H and O–H groups in total. The smallest absolute Gasteiger partial charge is 0.0645 e. The summed E-state index contributed by atoms with van der Waals surface area (Å²) in [7, 11) is 0. The van der Waals surface area contributed by atoms with Crippen LogP contribution in [0.4, 0.5) is 0 Å².